The first-order valence-electron chi connectivity index (χ1n) is 5.06. The third kappa shape index (κ3) is 4.36. The van der Waals surface area contributed by atoms with Gasteiger partial charge in [-0.2, -0.15) is 11.8 Å². The van der Waals surface area contributed by atoms with Gasteiger partial charge in [0, 0.05) is 10.6 Å². The number of ketones is 1. The summed E-state index contributed by atoms with van der Waals surface area (Å²) in [6, 6.07) is 4.97. The topological polar surface area (TPSA) is 17.1 Å². The minimum absolute atomic E-state index is 0.0623. The number of thioether (sulfide) groups is 1. The summed E-state index contributed by atoms with van der Waals surface area (Å²) in [6.07, 6.45) is 0. The van der Waals surface area contributed by atoms with Gasteiger partial charge in [0.2, 0.25) is 0 Å². The van der Waals surface area contributed by atoms with Crippen molar-refractivity contribution in [3.63, 3.8) is 0 Å². The standard InChI is InChI=1S/C12H14Cl2OS/c1-8(2)6-16-7-12(15)10-4-3-9(13)5-11(10)14/h3-5,8H,6-7H2,1-2H3. The largest absolute Gasteiger partial charge is 0.293 e. The van der Waals surface area contributed by atoms with Crippen molar-refractivity contribution in [3.8, 4) is 0 Å². The summed E-state index contributed by atoms with van der Waals surface area (Å²) in [6.45, 7) is 4.26. The van der Waals surface area contributed by atoms with E-state index in [2.05, 4.69) is 13.8 Å². The normalized spacial score (nSPS) is 10.8. The fraction of sp³-hybridized carbons (Fsp3) is 0.417. The van der Waals surface area contributed by atoms with Gasteiger partial charge in [-0.1, -0.05) is 37.0 Å². The molecule has 88 valence electrons. The maximum absolute atomic E-state index is 11.8. The Hall–Kier alpha value is -0.180. The van der Waals surface area contributed by atoms with E-state index < -0.39 is 0 Å². The Morgan fingerprint density at radius 2 is 2.06 bits per heavy atom. The van der Waals surface area contributed by atoms with Crippen molar-refractivity contribution >= 4 is 40.7 Å². The monoisotopic (exact) mass is 276 g/mol. The molecule has 1 aromatic carbocycles. The van der Waals surface area contributed by atoms with Crippen LogP contribution in [-0.4, -0.2) is 17.3 Å². The van der Waals surface area contributed by atoms with Gasteiger partial charge in [0.25, 0.3) is 0 Å². The number of Topliss-reactive ketones (excluding diaryl/α,β-unsaturated/α-hetero) is 1. The molecule has 0 spiro atoms. The van der Waals surface area contributed by atoms with E-state index in [0.717, 1.165) is 5.75 Å². The van der Waals surface area contributed by atoms with Gasteiger partial charge in [-0.3, -0.25) is 4.79 Å². The van der Waals surface area contributed by atoms with Crippen LogP contribution in [0.5, 0.6) is 0 Å². The number of benzene rings is 1. The Labute approximate surface area is 111 Å². The van der Waals surface area contributed by atoms with Crippen LogP contribution in [0.3, 0.4) is 0 Å². The number of carbonyl (C=O) groups excluding carboxylic acids is 1. The van der Waals surface area contributed by atoms with Gasteiger partial charge in [0.05, 0.1) is 10.8 Å². The highest BCUT2D eigenvalue weighted by atomic mass is 35.5. The van der Waals surface area contributed by atoms with E-state index in [-0.39, 0.29) is 5.78 Å². The summed E-state index contributed by atoms with van der Waals surface area (Å²) in [7, 11) is 0. The van der Waals surface area contributed by atoms with Crippen molar-refractivity contribution in [1.82, 2.24) is 0 Å². The zero-order valence-corrected chi connectivity index (χ0v) is 11.6. The predicted octanol–water partition coefficient (Wildman–Crippen LogP) is 4.57. The van der Waals surface area contributed by atoms with Crippen molar-refractivity contribution < 1.29 is 4.79 Å². The summed E-state index contributed by atoms with van der Waals surface area (Å²) in [5, 5.41) is 0.985. The van der Waals surface area contributed by atoms with E-state index in [0.29, 0.717) is 27.3 Å². The highest BCUT2D eigenvalue weighted by Gasteiger charge is 2.10. The summed E-state index contributed by atoms with van der Waals surface area (Å²) < 4.78 is 0. The summed E-state index contributed by atoms with van der Waals surface area (Å²) in [5.41, 5.74) is 0.558. The number of halogens is 2. The van der Waals surface area contributed by atoms with Crippen LogP contribution in [0, 0.1) is 5.92 Å². The Bertz CT molecular complexity index is 377. The molecule has 1 aromatic rings. The van der Waals surface area contributed by atoms with Crippen LogP contribution in [0.2, 0.25) is 10.0 Å². The molecular formula is C12H14Cl2OS. The highest BCUT2D eigenvalue weighted by molar-refractivity contribution is 7.99. The molecular weight excluding hydrogens is 263 g/mol. The lowest BCUT2D eigenvalue weighted by Crippen LogP contribution is -2.05. The van der Waals surface area contributed by atoms with Gasteiger partial charge in [-0.25, -0.2) is 0 Å². The molecule has 0 saturated carbocycles. The number of carbonyl (C=O) groups is 1. The van der Waals surface area contributed by atoms with Gasteiger partial charge in [-0.15, -0.1) is 0 Å². The lowest BCUT2D eigenvalue weighted by atomic mass is 10.1. The highest BCUT2D eigenvalue weighted by Crippen LogP contribution is 2.22. The van der Waals surface area contributed by atoms with Crippen molar-refractivity contribution in [2.45, 2.75) is 13.8 Å². The quantitative estimate of drug-likeness (QED) is 0.733. The third-order valence-electron chi connectivity index (χ3n) is 1.92. The molecule has 4 heteroatoms. The molecule has 0 aliphatic heterocycles. The van der Waals surface area contributed by atoms with Gasteiger partial charge >= 0.3 is 0 Å². The minimum Gasteiger partial charge on any atom is -0.293 e. The predicted molar refractivity (Wildman–Crippen MR) is 73.0 cm³/mol. The molecule has 0 aliphatic rings. The molecule has 0 fully saturated rings. The molecule has 0 atom stereocenters. The van der Waals surface area contributed by atoms with Crippen LogP contribution >= 0.6 is 35.0 Å². The molecule has 0 amide bonds. The van der Waals surface area contributed by atoms with Crippen molar-refractivity contribution in [2.75, 3.05) is 11.5 Å². The van der Waals surface area contributed by atoms with Crippen LogP contribution in [0.1, 0.15) is 24.2 Å². The lowest BCUT2D eigenvalue weighted by Gasteiger charge is -2.05. The van der Waals surface area contributed by atoms with Crippen LogP contribution in [0.25, 0.3) is 0 Å². The van der Waals surface area contributed by atoms with E-state index in [9.17, 15) is 4.79 Å². The van der Waals surface area contributed by atoms with Gasteiger partial charge in [0.15, 0.2) is 5.78 Å². The second-order valence-corrected chi connectivity index (χ2v) is 5.83. The smallest absolute Gasteiger partial charge is 0.174 e. The second-order valence-electron chi connectivity index (χ2n) is 3.96. The van der Waals surface area contributed by atoms with Crippen molar-refractivity contribution in [1.29, 1.82) is 0 Å². The molecule has 16 heavy (non-hydrogen) atoms. The van der Waals surface area contributed by atoms with Crippen LogP contribution in [0.4, 0.5) is 0 Å². The molecule has 0 aromatic heterocycles. The van der Waals surface area contributed by atoms with E-state index >= 15 is 0 Å². The third-order valence-corrected chi connectivity index (χ3v) is 3.83. The van der Waals surface area contributed by atoms with Crippen LogP contribution in [0.15, 0.2) is 18.2 Å². The summed E-state index contributed by atoms with van der Waals surface area (Å²) >= 11 is 13.4. The lowest BCUT2D eigenvalue weighted by molar-refractivity contribution is 0.102. The molecule has 1 nitrogen and oxygen atoms in total. The molecule has 1 rings (SSSR count). The Morgan fingerprint density at radius 3 is 2.62 bits per heavy atom. The average Bonchev–Trinajstić information content (AvgIpc) is 2.16. The number of hydrogen-bond acceptors (Lipinski definition) is 2. The van der Waals surface area contributed by atoms with Gasteiger partial charge in [0.1, 0.15) is 0 Å². The molecule has 0 bridgehead atoms. The first-order chi connectivity index (χ1) is 7.50. The van der Waals surface area contributed by atoms with Gasteiger partial charge < -0.3 is 0 Å². The fourth-order valence-corrected chi connectivity index (χ4v) is 2.62. The van der Waals surface area contributed by atoms with Crippen LogP contribution in [-0.2, 0) is 0 Å². The summed E-state index contributed by atoms with van der Waals surface area (Å²) in [5.74, 6) is 2.11. The second kappa shape index (κ2) is 6.53. The maximum Gasteiger partial charge on any atom is 0.174 e. The molecule has 0 heterocycles. The van der Waals surface area contributed by atoms with Crippen molar-refractivity contribution in [3.05, 3.63) is 33.8 Å². The van der Waals surface area contributed by atoms with E-state index in [1.54, 1.807) is 30.0 Å². The Morgan fingerprint density at radius 1 is 1.38 bits per heavy atom. The first-order valence-corrected chi connectivity index (χ1v) is 6.97. The number of rotatable bonds is 5. The van der Waals surface area contributed by atoms with Gasteiger partial charge in [-0.05, 0) is 29.9 Å². The van der Waals surface area contributed by atoms with Crippen LogP contribution < -0.4 is 0 Å². The molecule has 0 aliphatic carbocycles. The van der Waals surface area contributed by atoms with E-state index in [4.69, 9.17) is 23.2 Å². The zero-order chi connectivity index (χ0) is 12.1. The molecule has 0 unspecified atom stereocenters. The van der Waals surface area contributed by atoms with E-state index in [1.807, 2.05) is 0 Å². The maximum atomic E-state index is 11.8. The first kappa shape index (κ1) is 13.9. The molecule has 0 saturated heterocycles. The Kier molecular flexibility index (Phi) is 5.67. The fourth-order valence-electron chi connectivity index (χ4n) is 1.18. The van der Waals surface area contributed by atoms with Crippen molar-refractivity contribution in [2.24, 2.45) is 5.92 Å². The molecule has 0 radical (unpaired) electrons. The minimum atomic E-state index is 0.0623. The average molecular weight is 277 g/mol. The number of hydrogen-bond donors (Lipinski definition) is 0. The SMILES string of the molecule is CC(C)CSCC(=O)c1ccc(Cl)cc1Cl. The molecule has 0 N–H and O–H groups in total. The summed E-state index contributed by atoms with van der Waals surface area (Å²) in [4.78, 5) is 11.8. The zero-order valence-electron chi connectivity index (χ0n) is 9.30. The van der Waals surface area contributed by atoms with E-state index in [1.165, 1.54) is 0 Å². The Balaban J connectivity index is 2.59.